The molecule has 1 amide bonds. The standard InChI is InChI=1S/C22H26N4OS/c27-22(24-20-14-26-10-5-16(20)6-11-26)19-12-18-17(15-28-21(18)13-23-19)4-3-9-25-7-1-2-8-25/h12-13,15-16,20H,1-2,5-11,14H2,(H,24,27)/t20-/m0/s1. The highest BCUT2D eigenvalue weighted by Crippen LogP contribution is 2.28. The average molecular weight is 395 g/mol. The summed E-state index contributed by atoms with van der Waals surface area (Å²) in [6, 6.07) is 2.18. The van der Waals surface area contributed by atoms with Gasteiger partial charge < -0.3 is 10.2 Å². The van der Waals surface area contributed by atoms with Gasteiger partial charge in [0, 0.05) is 35.1 Å². The minimum absolute atomic E-state index is 0.0529. The van der Waals surface area contributed by atoms with E-state index >= 15 is 0 Å². The van der Waals surface area contributed by atoms with Crippen molar-refractivity contribution >= 4 is 27.3 Å². The summed E-state index contributed by atoms with van der Waals surface area (Å²) >= 11 is 1.65. The van der Waals surface area contributed by atoms with E-state index in [9.17, 15) is 4.79 Å². The first-order valence-electron chi connectivity index (χ1n) is 10.4. The van der Waals surface area contributed by atoms with Crippen molar-refractivity contribution in [1.29, 1.82) is 0 Å². The molecule has 146 valence electrons. The molecule has 0 unspecified atom stereocenters. The molecule has 2 aromatic rings. The third-order valence-electron chi connectivity index (χ3n) is 6.39. The van der Waals surface area contributed by atoms with Crippen LogP contribution in [-0.4, -0.2) is 66.0 Å². The SMILES string of the molecule is O=C(N[C@H]1CN2CCC1CC2)c1cc2c(C#CCN3CCCC3)csc2cn1. The number of pyridine rings is 1. The maximum atomic E-state index is 12.8. The van der Waals surface area contributed by atoms with E-state index in [1.807, 2.05) is 12.3 Å². The molecule has 4 aliphatic heterocycles. The van der Waals surface area contributed by atoms with Crippen molar-refractivity contribution in [2.75, 3.05) is 39.3 Å². The van der Waals surface area contributed by atoms with Crippen LogP contribution in [0.1, 0.15) is 41.7 Å². The number of thiophene rings is 1. The minimum atomic E-state index is -0.0529. The molecule has 0 radical (unpaired) electrons. The lowest BCUT2D eigenvalue weighted by Crippen LogP contribution is -2.57. The van der Waals surface area contributed by atoms with Gasteiger partial charge in [0.2, 0.25) is 0 Å². The molecule has 6 heteroatoms. The Morgan fingerprint density at radius 3 is 2.82 bits per heavy atom. The predicted octanol–water partition coefficient (Wildman–Crippen LogP) is 2.57. The third-order valence-corrected chi connectivity index (χ3v) is 7.32. The molecule has 0 spiro atoms. The molecule has 1 N–H and O–H groups in total. The summed E-state index contributed by atoms with van der Waals surface area (Å²) in [5, 5.41) is 6.37. The van der Waals surface area contributed by atoms with Crippen LogP contribution in [-0.2, 0) is 0 Å². The van der Waals surface area contributed by atoms with Crippen molar-refractivity contribution in [1.82, 2.24) is 20.1 Å². The van der Waals surface area contributed by atoms with E-state index in [1.54, 1.807) is 11.3 Å². The second-order valence-corrected chi connectivity index (χ2v) is 9.13. The first-order chi connectivity index (χ1) is 13.8. The van der Waals surface area contributed by atoms with Crippen LogP contribution in [0.3, 0.4) is 0 Å². The van der Waals surface area contributed by atoms with Crippen molar-refractivity contribution in [3.8, 4) is 11.8 Å². The Labute approximate surface area is 170 Å². The van der Waals surface area contributed by atoms with E-state index in [0.29, 0.717) is 11.6 Å². The Hall–Kier alpha value is -1.94. The summed E-state index contributed by atoms with van der Waals surface area (Å²) in [6.45, 7) is 6.48. The summed E-state index contributed by atoms with van der Waals surface area (Å²) in [4.78, 5) is 22.1. The van der Waals surface area contributed by atoms with E-state index in [0.717, 1.165) is 41.8 Å². The number of likely N-dealkylation sites (tertiary alicyclic amines) is 1. The number of hydrogen-bond acceptors (Lipinski definition) is 5. The Morgan fingerprint density at radius 1 is 1.25 bits per heavy atom. The highest BCUT2D eigenvalue weighted by Gasteiger charge is 2.35. The average Bonchev–Trinajstić information content (AvgIpc) is 3.39. The van der Waals surface area contributed by atoms with Gasteiger partial charge in [-0.1, -0.05) is 11.8 Å². The van der Waals surface area contributed by atoms with Crippen LogP contribution in [0.2, 0.25) is 0 Å². The highest BCUT2D eigenvalue weighted by molar-refractivity contribution is 7.17. The van der Waals surface area contributed by atoms with Gasteiger partial charge in [0.15, 0.2) is 0 Å². The highest BCUT2D eigenvalue weighted by atomic mass is 32.1. The van der Waals surface area contributed by atoms with Crippen molar-refractivity contribution in [2.45, 2.75) is 31.7 Å². The van der Waals surface area contributed by atoms with Crippen LogP contribution in [0.25, 0.3) is 10.1 Å². The van der Waals surface area contributed by atoms with Gasteiger partial charge in [-0.2, -0.15) is 0 Å². The Balaban J connectivity index is 1.31. The fraction of sp³-hybridized carbons (Fsp3) is 0.545. The zero-order valence-electron chi connectivity index (χ0n) is 16.1. The molecule has 4 saturated heterocycles. The van der Waals surface area contributed by atoms with Crippen molar-refractivity contribution < 1.29 is 4.79 Å². The molecule has 4 aliphatic rings. The number of amides is 1. The van der Waals surface area contributed by atoms with Gasteiger partial charge in [-0.25, -0.2) is 4.98 Å². The quantitative estimate of drug-likeness (QED) is 0.813. The van der Waals surface area contributed by atoms with Crippen LogP contribution in [0.4, 0.5) is 0 Å². The molecule has 28 heavy (non-hydrogen) atoms. The van der Waals surface area contributed by atoms with Gasteiger partial charge >= 0.3 is 0 Å². The molecular formula is C22H26N4OS. The number of nitrogens with zero attached hydrogens (tertiary/aromatic N) is 3. The van der Waals surface area contributed by atoms with Gasteiger partial charge in [0.25, 0.3) is 5.91 Å². The zero-order valence-corrected chi connectivity index (χ0v) is 16.9. The fourth-order valence-corrected chi connectivity index (χ4v) is 5.55. The van der Waals surface area contributed by atoms with Gasteiger partial charge in [0.1, 0.15) is 5.69 Å². The van der Waals surface area contributed by atoms with Crippen LogP contribution in [0.15, 0.2) is 17.6 Å². The lowest BCUT2D eigenvalue weighted by Gasteiger charge is -2.44. The van der Waals surface area contributed by atoms with E-state index < -0.39 is 0 Å². The van der Waals surface area contributed by atoms with E-state index in [1.165, 1.54) is 38.8 Å². The van der Waals surface area contributed by atoms with Crippen LogP contribution >= 0.6 is 11.3 Å². The number of carbonyl (C=O) groups is 1. The maximum absolute atomic E-state index is 12.8. The summed E-state index contributed by atoms with van der Waals surface area (Å²) < 4.78 is 1.09. The normalized spacial score (nSPS) is 26.9. The zero-order chi connectivity index (χ0) is 18.9. The molecule has 4 fully saturated rings. The molecular weight excluding hydrogens is 368 g/mol. The largest absolute Gasteiger partial charge is 0.346 e. The number of fused-ring (bicyclic) bond motifs is 4. The second kappa shape index (κ2) is 7.82. The smallest absolute Gasteiger partial charge is 0.270 e. The molecule has 2 aromatic heterocycles. The van der Waals surface area contributed by atoms with Gasteiger partial charge in [0.05, 0.1) is 11.2 Å². The van der Waals surface area contributed by atoms with E-state index in [2.05, 4.69) is 37.3 Å². The topological polar surface area (TPSA) is 48.5 Å². The molecule has 6 heterocycles. The molecule has 0 aromatic carbocycles. The lowest BCUT2D eigenvalue weighted by molar-refractivity contribution is 0.0618. The summed E-state index contributed by atoms with van der Waals surface area (Å²) in [5.74, 6) is 7.19. The number of aromatic nitrogens is 1. The molecule has 1 atom stereocenters. The van der Waals surface area contributed by atoms with Crippen molar-refractivity contribution in [3.05, 3.63) is 28.9 Å². The minimum Gasteiger partial charge on any atom is -0.346 e. The maximum Gasteiger partial charge on any atom is 0.270 e. The third kappa shape index (κ3) is 3.67. The predicted molar refractivity (Wildman–Crippen MR) is 113 cm³/mol. The molecule has 2 bridgehead atoms. The Kier molecular flexibility index (Phi) is 5.06. The van der Waals surface area contributed by atoms with E-state index in [-0.39, 0.29) is 11.9 Å². The number of rotatable bonds is 3. The van der Waals surface area contributed by atoms with E-state index in [4.69, 9.17) is 0 Å². The molecule has 0 aliphatic carbocycles. The summed E-state index contributed by atoms with van der Waals surface area (Å²) in [6.07, 6.45) is 6.77. The van der Waals surface area contributed by atoms with Gasteiger partial charge in [-0.05, 0) is 63.8 Å². The fourth-order valence-electron chi connectivity index (χ4n) is 4.71. The van der Waals surface area contributed by atoms with Crippen molar-refractivity contribution in [2.24, 2.45) is 5.92 Å². The number of hydrogen-bond donors (Lipinski definition) is 1. The molecule has 6 rings (SSSR count). The monoisotopic (exact) mass is 394 g/mol. The number of piperidine rings is 3. The number of carbonyl (C=O) groups excluding carboxylic acids is 1. The molecule has 0 saturated carbocycles. The molecule has 5 nitrogen and oxygen atoms in total. The van der Waals surface area contributed by atoms with Gasteiger partial charge in [-0.15, -0.1) is 11.3 Å². The Bertz CT molecular complexity index is 929. The van der Waals surface area contributed by atoms with Crippen LogP contribution in [0.5, 0.6) is 0 Å². The van der Waals surface area contributed by atoms with Gasteiger partial charge in [-0.3, -0.25) is 9.69 Å². The van der Waals surface area contributed by atoms with Crippen LogP contribution in [0, 0.1) is 17.8 Å². The lowest BCUT2D eigenvalue weighted by atomic mass is 9.84. The first kappa shape index (κ1) is 18.1. The first-order valence-corrected chi connectivity index (χ1v) is 11.3. The van der Waals surface area contributed by atoms with Crippen molar-refractivity contribution in [3.63, 3.8) is 0 Å². The summed E-state index contributed by atoms with van der Waals surface area (Å²) in [7, 11) is 0. The number of nitrogens with one attached hydrogen (secondary N) is 1. The summed E-state index contributed by atoms with van der Waals surface area (Å²) in [5.41, 5.74) is 1.52. The second-order valence-electron chi connectivity index (χ2n) is 8.22. The Morgan fingerprint density at radius 2 is 2.07 bits per heavy atom. The van der Waals surface area contributed by atoms with Crippen LogP contribution < -0.4 is 5.32 Å².